The molecular weight excluding hydrogens is 452 g/mol. The van der Waals surface area contributed by atoms with Crippen LogP contribution in [0.1, 0.15) is 41.6 Å². The predicted molar refractivity (Wildman–Crippen MR) is 109 cm³/mol. The smallest absolute Gasteiger partial charge is 0.255 e. The van der Waals surface area contributed by atoms with Crippen molar-refractivity contribution in [2.45, 2.75) is 43.4 Å². The molecule has 1 aliphatic rings. The van der Waals surface area contributed by atoms with Crippen molar-refractivity contribution in [3.8, 4) is 0 Å². The van der Waals surface area contributed by atoms with Crippen LogP contribution in [0.15, 0.2) is 35.2 Å². The lowest BCUT2D eigenvalue weighted by atomic mass is 10.1. The van der Waals surface area contributed by atoms with Gasteiger partial charge in [-0.25, -0.2) is 26.0 Å². The number of halogens is 4. The van der Waals surface area contributed by atoms with E-state index in [0.29, 0.717) is 31.4 Å². The molecule has 1 heterocycles. The SMILES string of the molecule is O=C(Nc1cc(F)c(F)c(F)c1)c1ccc(CF)c(S(=O)(=O)N2CCCCC(O)CC2)c1. The minimum absolute atomic E-state index is 0.0415. The number of benzene rings is 2. The third-order valence-electron chi connectivity index (χ3n) is 5.24. The molecular formula is C21H22F4N2O4S. The van der Waals surface area contributed by atoms with Crippen LogP contribution in [0.4, 0.5) is 23.2 Å². The maximum Gasteiger partial charge on any atom is 0.255 e. The van der Waals surface area contributed by atoms with Crippen LogP contribution in [0.25, 0.3) is 0 Å². The number of sulfonamides is 1. The molecule has 3 rings (SSSR count). The van der Waals surface area contributed by atoms with E-state index in [0.717, 1.165) is 16.4 Å². The molecule has 0 saturated carbocycles. The number of carbonyl (C=O) groups is 1. The van der Waals surface area contributed by atoms with Crippen molar-refractivity contribution >= 4 is 21.6 Å². The van der Waals surface area contributed by atoms with Crippen LogP contribution < -0.4 is 5.32 Å². The Balaban J connectivity index is 1.91. The van der Waals surface area contributed by atoms with Gasteiger partial charge in [-0.2, -0.15) is 4.31 Å². The summed E-state index contributed by atoms with van der Waals surface area (Å²) in [5.41, 5.74) is -0.718. The quantitative estimate of drug-likeness (QED) is 0.511. The van der Waals surface area contributed by atoms with Gasteiger partial charge in [-0.3, -0.25) is 4.79 Å². The van der Waals surface area contributed by atoms with Crippen molar-refractivity contribution in [2.75, 3.05) is 18.4 Å². The van der Waals surface area contributed by atoms with E-state index in [1.165, 1.54) is 6.07 Å². The first-order valence-electron chi connectivity index (χ1n) is 9.96. The molecule has 0 radical (unpaired) electrons. The fraction of sp³-hybridized carbons (Fsp3) is 0.381. The number of nitrogens with zero attached hydrogens (tertiary/aromatic N) is 1. The third kappa shape index (κ3) is 5.28. The second-order valence-corrected chi connectivity index (χ2v) is 9.41. The zero-order valence-corrected chi connectivity index (χ0v) is 17.8. The van der Waals surface area contributed by atoms with Crippen LogP contribution in [-0.4, -0.2) is 42.9 Å². The maximum atomic E-state index is 13.6. The summed E-state index contributed by atoms with van der Waals surface area (Å²) < 4.78 is 81.0. The van der Waals surface area contributed by atoms with Gasteiger partial charge >= 0.3 is 0 Å². The Kier molecular flexibility index (Phi) is 7.52. The first-order chi connectivity index (χ1) is 15.1. The minimum Gasteiger partial charge on any atom is -0.393 e. The predicted octanol–water partition coefficient (Wildman–Crippen LogP) is 3.75. The van der Waals surface area contributed by atoms with Gasteiger partial charge in [-0.15, -0.1) is 0 Å². The normalized spacial score (nSPS) is 18.1. The highest BCUT2D eigenvalue weighted by atomic mass is 32.2. The molecule has 2 N–H and O–H groups in total. The minimum atomic E-state index is -4.18. The first-order valence-corrected chi connectivity index (χ1v) is 11.4. The van der Waals surface area contributed by atoms with Crippen molar-refractivity contribution < 1.29 is 35.9 Å². The molecule has 1 saturated heterocycles. The fourth-order valence-corrected chi connectivity index (χ4v) is 5.20. The number of amides is 1. The Bertz CT molecular complexity index is 1090. The Morgan fingerprint density at radius 3 is 2.41 bits per heavy atom. The molecule has 1 amide bonds. The summed E-state index contributed by atoms with van der Waals surface area (Å²) in [6.07, 6.45) is 1.32. The van der Waals surface area contributed by atoms with E-state index in [2.05, 4.69) is 5.32 Å². The van der Waals surface area contributed by atoms with Crippen LogP contribution in [0, 0.1) is 17.5 Å². The van der Waals surface area contributed by atoms with Crippen LogP contribution in [0.2, 0.25) is 0 Å². The van der Waals surface area contributed by atoms with E-state index in [1.807, 2.05) is 0 Å². The van der Waals surface area contributed by atoms with Crippen LogP contribution in [0.5, 0.6) is 0 Å². The number of aliphatic hydroxyl groups is 1. The average molecular weight is 474 g/mol. The molecule has 2 aromatic carbocycles. The highest BCUT2D eigenvalue weighted by Gasteiger charge is 2.29. The Morgan fingerprint density at radius 1 is 1.06 bits per heavy atom. The molecule has 11 heteroatoms. The summed E-state index contributed by atoms with van der Waals surface area (Å²) in [4.78, 5) is 12.1. The van der Waals surface area contributed by atoms with Crippen molar-refractivity contribution in [1.29, 1.82) is 0 Å². The van der Waals surface area contributed by atoms with E-state index in [-0.39, 0.29) is 36.3 Å². The van der Waals surface area contributed by atoms with E-state index in [1.54, 1.807) is 0 Å². The number of alkyl halides is 1. The number of aliphatic hydroxyl groups excluding tert-OH is 1. The Hall–Kier alpha value is -2.50. The van der Waals surface area contributed by atoms with Gasteiger partial charge in [0.05, 0.1) is 11.0 Å². The number of anilines is 1. The number of nitrogens with one attached hydrogen (secondary N) is 1. The monoisotopic (exact) mass is 474 g/mol. The van der Waals surface area contributed by atoms with Crippen LogP contribution in [0.3, 0.4) is 0 Å². The third-order valence-corrected chi connectivity index (χ3v) is 7.22. The van der Waals surface area contributed by atoms with E-state index in [9.17, 15) is 35.9 Å². The zero-order chi connectivity index (χ0) is 23.5. The molecule has 1 unspecified atom stereocenters. The molecule has 2 aromatic rings. The number of hydrogen-bond acceptors (Lipinski definition) is 4. The largest absolute Gasteiger partial charge is 0.393 e. The lowest BCUT2D eigenvalue weighted by molar-refractivity contribution is 0.102. The molecule has 6 nitrogen and oxygen atoms in total. The number of carbonyl (C=O) groups excluding carboxylic acids is 1. The summed E-state index contributed by atoms with van der Waals surface area (Å²) in [6, 6.07) is 4.47. The van der Waals surface area contributed by atoms with Gasteiger partial charge in [0.15, 0.2) is 17.5 Å². The summed E-state index contributed by atoms with van der Waals surface area (Å²) in [6.45, 7) is -0.869. The topological polar surface area (TPSA) is 86.7 Å². The molecule has 0 spiro atoms. The van der Waals surface area contributed by atoms with Crippen molar-refractivity contribution in [3.05, 3.63) is 58.9 Å². The molecule has 1 atom stereocenters. The van der Waals surface area contributed by atoms with Gasteiger partial charge < -0.3 is 10.4 Å². The van der Waals surface area contributed by atoms with Gasteiger partial charge in [0, 0.05) is 42.0 Å². The summed E-state index contributed by atoms with van der Waals surface area (Å²) in [5, 5.41) is 12.0. The van der Waals surface area contributed by atoms with Gasteiger partial charge in [-0.1, -0.05) is 6.07 Å². The van der Waals surface area contributed by atoms with Gasteiger partial charge in [0.1, 0.15) is 6.67 Å². The van der Waals surface area contributed by atoms with E-state index in [4.69, 9.17) is 0 Å². The Morgan fingerprint density at radius 2 is 1.75 bits per heavy atom. The number of rotatable bonds is 5. The fourth-order valence-electron chi connectivity index (χ4n) is 3.47. The van der Waals surface area contributed by atoms with Gasteiger partial charge in [0.2, 0.25) is 10.0 Å². The van der Waals surface area contributed by atoms with Crippen molar-refractivity contribution in [3.63, 3.8) is 0 Å². The second kappa shape index (κ2) is 9.97. The lowest BCUT2D eigenvalue weighted by Gasteiger charge is -2.27. The summed E-state index contributed by atoms with van der Waals surface area (Å²) in [5.74, 6) is -5.62. The van der Waals surface area contributed by atoms with Gasteiger partial charge in [-0.05, 0) is 37.8 Å². The van der Waals surface area contributed by atoms with Crippen molar-refractivity contribution in [2.24, 2.45) is 0 Å². The first kappa shape index (κ1) is 24.1. The van der Waals surface area contributed by atoms with Crippen LogP contribution in [-0.2, 0) is 16.7 Å². The second-order valence-electron chi connectivity index (χ2n) is 7.51. The van der Waals surface area contributed by atoms with Crippen molar-refractivity contribution in [1.82, 2.24) is 4.31 Å². The average Bonchev–Trinajstić information content (AvgIpc) is 2.74. The van der Waals surface area contributed by atoms with Crippen LogP contribution >= 0.6 is 0 Å². The highest BCUT2D eigenvalue weighted by molar-refractivity contribution is 7.89. The van der Waals surface area contributed by atoms with E-state index >= 15 is 0 Å². The molecule has 0 aromatic heterocycles. The number of hydrogen-bond donors (Lipinski definition) is 2. The summed E-state index contributed by atoms with van der Waals surface area (Å²) >= 11 is 0. The molecule has 1 fully saturated rings. The molecule has 0 aliphatic carbocycles. The highest BCUT2D eigenvalue weighted by Crippen LogP contribution is 2.26. The summed E-state index contributed by atoms with van der Waals surface area (Å²) in [7, 11) is -4.18. The Labute approximate surface area is 182 Å². The molecule has 32 heavy (non-hydrogen) atoms. The van der Waals surface area contributed by atoms with Gasteiger partial charge in [0.25, 0.3) is 5.91 Å². The molecule has 1 aliphatic heterocycles. The lowest BCUT2D eigenvalue weighted by Crippen LogP contribution is -2.36. The zero-order valence-electron chi connectivity index (χ0n) is 17.0. The standard InChI is InChI=1S/C21H22F4N2O4S/c22-12-14-5-4-13(21(29)26-15-10-17(23)20(25)18(24)11-15)9-19(14)32(30,31)27-7-2-1-3-16(28)6-8-27/h4-5,9-11,16,28H,1-3,6-8,12H2,(H,26,29). The van der Waals surface area contributed by atoms with E-state index < -0.39 is 51.1 Å². The molecule has 0 bridgehead atoms. The molecule has 174 valence electrons. The maximum absolute atomic E-state index is 13.6.